The SMILES string of the molecule is CCN(CC(C)(C)O)C(=O)c1cc2cc(F)ccc2s1. The van der Waals surface area contributed by atoms with Gasteiger partial charge >= 0.3 is 0 Å². The van der Waals surface area contributed by atoms with Crippen molar-refractivity contribution in [3.63, 3.8) is 0 Å². The molecular formula is C15H18FNO2S. The number of halogens is 1. The first-order valence-electron chi connectivity index (χ1n) is 6.51. The smallest absolute Gasteiger partial charge is 0.264 e. The number of aliphatic hydroxyl groups is 1. The number of carbonyl (C=O) groups excluding carboxylic acids is 1. The topological polar surface area (TPSA) is 40.5 Å². The summed E-state index contributed by atoms with van der Waals surface area (Å²) in [5.41, 5.74) is -0.936. The number of hydrogen-bond acceptors (Lipinski definition) is 3. The second kappa shape index (κ2) is 5.50. The monoisotopic (exact) mass is 295 g/mol. The van der Waals surface area contributed by atoms with Crippen LogP contribution in [0, 0.1) is 5.82 Å². The minimum absolute atomic E-state index is 0.128. The third kappa shape index (κ3) is 3.35. The van der Waals surface area contributed by atoms with Gasteiger partial charge in [0.2, 0.25) is 0 Å². The van der Waals surface area contributed by atoms with E-state index in [1.807, 2.05) is 6.92 Å². The second-order valence-corrected chi connectivity index (χ2v) is 6.51. The normalized spacial score (nSPS) is 11.8. The Labute approximate surface area is 121 Å². The van der Waals surface area contributed by atoms with Crippen molar-refractivity contribution >= 4 is 27.3 Å². The zero-order valence-corrected chi connectivity index (χ0v) is 12.6. The standard InChI is InChI=1S/C15H18FNO2S/c1-4-17(9-15(2,3)19)14(18)13-8-10-7-11(16)5-6-12(10)20-13/h5-8,19H,4,9H2,1-3H3. The van der Waals surface area contributed by atoms with E-state index >= 15 is 0 Å². The molecule has 0 saturated heterocycles. The van der Waals surface area contributed by atoms with E-state index in [1.54, 1.807) is 30.9 Å². The maximum atomic E-state index is 13.2. The van der Waals surface area contributed by atoms with Gasteiger partial charge in [-0.2, -0.15) is 0 Å². The van der Waals surface area contributed by atoms with Gasteiger partial charge in [0.05, 0.1) is 10.5 Å². The quantitative estimate of drug-likeness (QED) is 0.940. The van der Waals surface area contributed by atoms with Crippen LogP contribution in [0.4, 0.5) is 4.39 Å². The number of hydrogen-bond donors (Lipinski definition) is 1. The van der Waals surface area contributed by atoms with Gasteiger partial charge in [0.15, 0.2) is 0 Å². The predicted octanol–water partition coefficient (Wildman–Crippen LogP) is 3.27. The number of rotatable bonds is 4. The molecule has 0 saturated carbocycles. The molecule has 108 valence electrons. The van der Waals surface area contributed by atoms with E-state index < -0.39 is 5.60 Å². The number of amides is 1. The number of nitrogens with zero attached hydrogens (tertiary/aromatic N) is 1. The lowest BCUT2D eigenvalue weighted by Gasteiger charge is -2.27. The highest BCUT2D eigenvalue weighted by atomic mass is 32.1. The predicted molar refractivity (Wildman–Crippen MR) is 79.7 cm³/mol. The van der Waals surface area contributed by atoms with E-state index in [9.17, 15) is 14.3 Å². The zero-order chi connectivity index (χ0) is 14.9. The molecule has 20 heavy (non-hydrogen) atoms. The average molecular weight is 295 g/mol. The molecule has 1 amide bonds. The molecule has 0 spiro atoms. The Hall–Kier alpha value is -1.46. The van der Waals surface area contributed by atoms with E-state index in [0.29, 0.717) is 11.4 Å². The zero-order valence-electron chi connectivity index (χ0n) is 11.8. The molecule has 0 radical (unpaired) electrons. The van der Waals surface area contributed by atoms with Crippen molar-refractivity contribution in [2.45, 2.75) is 26.4 Å². The fraction of sp³-hybridized carbons (Fsp3) is 0.400. The van der Waals surface area contributed by atoms with Crippen LogP contribution in [0.15, 0.2) is 24.3 Å². The Bertz CT molecular complexity index is 630. The maximum absolute atomic E-state index is 13.2. The number of fused-ring (bicyclic) bond motifs is 1. The summed E-state index contributed by atoms with van der Waals surface area (Å²) in [5.74, 6) is -0.436. The molecular weight excluding hydrogens is 277 g/mol. The molecule has 0 aliphatic heterocycles. The van der Waals surface area contributed by atoms with Gasteiger partial charge in [-0.3, -0.25) is 4.79 Å². The molecule has 0 bridgehead atoms. The summed E-state index contributed by atoms with van der Waals surface area (Å²) < 4.78 is 14.1. The van der Waals surface area contributed by atoms with E-state index in [-0.39, 0.29) is 18.3 Å². The fourth-order valence-electron chi connectivity index (χ4n) is 2.07. The van der Waals surface area contributed by atoms with Crippen molar-refractivity contribution in [3.05, 3.63) is 35.0 Å². The number of likely N-dealkylation sites (N-methyl/N-ethyl adjacent to an activating group) is 1. The highest BCUT2D eigenvalue weighted by Crippen LogP contribution is 2.27. The summed E-state index contributed by atoms with van der Waals surface area (Å²) in [6.45, 7) is 6.00. The first-order valence-corrected chi connectivity index (χ1v) is 7.32. The summed E-state index contributed by atoms with van der Waals surface area (Å²) in [6, 6.07) is 6.20. The summed E-state index contributed by atoms with van der Waals surface area (Å²) in [7, 11) is 0. The van der Waals surface area contributed by atoms with Gasteiger partial charge in [0.25, 0.3) is 5.91 Å². The Balaban J connectivity index is 2.29. The summed E-state index contributed by atoms with van der Waals surface area (Å²) >= 11 is 1.34. The van der Waals surface area contributed by atoms with Crippen LogP contribution in [-0.4, -0.2) is 34.6 Å². The van der Waals surface area contributed by atoms with Crippen LogP contribution in [-0.2, 0) is 0 Å². The Morgan fingerprint density at radius 3 is 2.70 bits per heavy atom. The maximum Gasteiger partial charge on any atom is 0.264 e. The van der Waals surface area contributed by atoms with Crippen molar-refractivity contribution in [1.82, 2.24) is 4.90 Å². The van der Waals surface area contributed by atoms with Crippen molar-refractivity contribution in [1.29, 1.82) is 0 Å². The molecule has 0 fully saturated rings. The highest BCUT2D eigenvalue weighted by molar-refractivity contribution is 7.20. The Morgan fingerprint density at radius 2 is 2.10 bits per heavy atom. The lowest BCUT2D eigenvalue weighted by atomic mass is 10.1. The highest BCUT2D eigenvalue weighted by Gasteiger charge is 2.23. The second-order valence-electron chi connectivity index (χ2n) is 5.42. The van der Waals surface area contributed by atoms with Crippen LogP contribution in [0.2, 0.25) is 0 Å². The van der Waals surface area contributed by atoms with Crippen molar-refractivity contribution in [2.75, 3.05) is 13.1 Å². The fourth-order valence-corrected chi connectivity index (χ4v) is 3.08. The van der Waals surface area contributed by atoms with Gasteiger partial charge in [0, 0.05) is 17.8 Å². The molecule has 1 heterocycles. The molecule has 2 aromatic rings. The van der Waals surface area contributed by atoms with E-state index in [2.05, 4.69) is 0 Å². The molecule has 0 aliphatic rings. The first kappa shape index (κ1) is 14.9. The van der Waals surface area contributed by atoms with Gasteiger partial charge < -0.3 is 10.0 Å². The van der Waals surface area contributed by atoms with E-state index in [1.165, 1.54) is 23.5 Å². The van der Waals surface area contributed by atoms with Gasteiger partial charge in [-0.1, -0.05) is 0 Å². The summed E-state index contributed by atoms with van der Waals surface area (Å²) in [5, 5.41) is 10.6. The molecule has 0 atom stereocenters. The Kier molecular flexibility index (Phi) is 4.11. The van der Waals surface area contributed by atoms with E-state index in [0.717, 1.165) is 10.1 Å². The molecule has 2 rings (SSSR count). The third-order valence-corrected chi connectivity index (χ3v) is 4.04. The van der Waals surface area contributed by atoms with Crippen LogP contribution in [0.3, 0.4) is 0 Å². The van der Waals surface area contributed by atoms with Crippen LogP contribution in [0.5, 0.6) is 0 Å². The first-order chi connectivity index (χ1) is 9.30. The molecule has 0 unspecified atom stereocenters. The van der Waals surface area contributed by atoms with Gasteiger partial charge in [-0.05, 0) is 50.4 Å². The molecule has 3 nitrogen and oxygen atoms in total. The number of benzene rings is 1. The van der Waals surface area contributed by atoms with Crippen molar-refractivity contribution in [3.8, 4) is 0 Å². The van der Waals surface area contributed by atoms with Gasteiger partial charge in [-0.15, -0.1) is 11.3 Å². The molecule has 1 aromatic carbocycles. The lowest BCUT2D eigenvalue weighted by molar-refractivity contribution is 0.0317. The minimum Gasteiger partial charge on any atom is -0.389 e. The van der Waals surface area contributed by atoms with Crippen LogP contribution >= 0.6 is 11.3 Å². The lowest BCUT2D eigenvalue weighted by Crippen LogP contribution is -2.41. The molecule has 1 aromatic heterocycles. The van der Waals surface area contributed by atoms with Crippen molar-refractivity contribution in [2.24, 2.45) is 0 Å². The van der Waals surface area contributed by atoms with Gasteiger partial charge in [0.1, 0.15) is 5.82 Å². The number of carbonyl (C=O) groups is 1. The summed E-state index contributed by atoms with van der Waals surface area (Å²) in [4.78, 5) is 14.6. The molecule has 1 N–H and O–H groups in total. The van der Waals surface area contributed by atoms with Crippen LogP contribution in [0.1, 0.15) is 30.4 Å². The summed E-state index contributed by atoms with van der Waals surface area (Å²) in [6.07, 6.45) is 0. The largest absolute Gasteiger partial charge is 0.389 e. The van der Waals surface area contributed by atoms with E-state index in [4.69, 9.17) is 0 Å². The molecule has 5 heteroatoms. The van der Waals surface area contributed by atoms with Gasteiger partial charge in [-0.25, -0.2) is 4.39 Å². The average Bonchev–Trinajstić information content (AvgIpc) is 2.76. The van der Waals surface area contributed by atoms with Crippen LogP contribution < -0.4 is 0 Å². The minimum atomic E-state index is -0.936. The molecule has 0 aliphatic carbocycles. The number of thiophene rings is 1. The van der Waals surface area contributed by atoms with Crippen molar-refractivity contribution < 1.29 is 14.3 Å². The van der Waals surface area contributed by atoms with Crippen LogP contribution in [0.25, 0.3) is 10.1 Å². The third-order valence-electron chi connectivity index (χ3n) is 2.94. The Morgan fingerprint density at radius 1 is 1.40 bits per heavy atom.